The first-order chi connectivity index (χ1) is 6.25. The lowest BCUT2D eigenvalue weighted by Gasteiger charge is -2.25. The Morgan fingerprint density at radius 2 is 2.43 bits per heavy atom. The van der Waals surface area contributed by atoms with Crippen molar-refractivity contribution in [2.75, 3.05) is 19.8 Å². The second-order valence-corrected chi connectivity index (χ2v) is 3.26. The maximum atomic E-state index is 11.2. The van der Waals surface area contributed by atoms with Crippen LogP contribution in [0.2, 0.25) is 0 Å². The Morgan fingerprint density at radius 3 is 2.93 bits per heavy atom. The fraction of sp³-hybridized carbons (Fsp3) is 0.889. The van der Waals surface area contributed by atoms with Crippen molar-refractivity contribution in [2.24, 2.45) is 11.7 Å². The fourth-order valence-corrected chi connectivity index (χ4v) is 1.48. The van der Waals surface area contributed by atoms with Crippen LogP contribution >= 0.6 is 12.4 Å². The zero-order chi connectivity index (χ0) is 9.68. The van der Waals surface area contributed by atoms with Gasteiger partial charge in [0.25, 0.3) is 0 Å². The summed E-state index contributed by atoms with van der Waals surface area (Å²) in [5.74, 6) is -0.175. The minimum absolute atomic E-state index is 0. The third-order valence-corrected chi connectivity index (χ3v) is 2.26. The van der Waals surface area contributed by atoms with Gasteiger partial charge in [-0.15, -0.1) is 12.4 Å². The number of carbonyl (C=O) groups excluding carboxylic acids is 1. The van der Waals surface area contributed by atoms with Gasteiger partial charge in [0.05, 0.1) is 13.2 Å². The van der Waals surface area contributed by atoms with Crippen LogP contribution in [0.3, 0.4) is 0 Å². The first kappa shape index (κ1) is 13.7. The van der Waals surface area contributed by atoms with E-state index in [1.165, 1.54) is 0 Å². The normalized spacial score (nSPS) is 23.4. The highest BCUT2D eigenvalue weighted by Gasteiger charge is 2.27. The summed E-state index contributed by atoms with van der Waals surface area (Å²) >= 11 is 0. The molecule has 2 unspecified atom stereocenters. The summed E-state index contributed by atoms with van der Waals surface area (Å²) in [5.41, 5.74) is 5.72. The molecule has 0 aromatic heterocycles. The number of ether oxygens (including phenoxy) is 2. The van der Waals surface area contributed by atoms with E-state index in [1.54, 1.807) is 6.92 Å². The molecule has 1 fully saturated rings. The number of hydrogen-bond donors (Lipinski definition) is 1. The quantitative estimate of drug-likeness (QED) is 0.717. The fourth-order valence-electron chi connectivity index (χ4n) is 1.48. The van der Waals surface area contributed by atoms with Gasteiger partial charge in [0.15, 0.2) is 0 Å². The minimum Gasteiger partial charge on any atom is -0.465 e. The number of esters is 1. The largest absolute Gasteiger partial charge is 0.465 e. The predicted molar refractivity (Wildman–Crippen MR) is 55.4 cm³/mol. The van der Waals surface area contributed by atoms with Gasteiger partial charge in [-0.05, 0) is 19.8 Å². The molecule has 0 saturated carbocycles. The van der Waals surface area contributed by atoms with Gasteiger partial charge in [-0.3, -0.25) is 4.79 Å². The summed E-state index contributed by atoms with van der Waals surface area (Å²) in [4.78, 5) is 11.2. The Balaban J connectivity index is 0.00000169. The number of hydrogen-bond acceptors (Lipinski definition) is 4. The summed E-state index contributed by atoms with van der Waals surface area (Å²) in [6.07, 6.45) is 1.94. The summed E-state index contributed by atoms with van der Waals surface area (Å²) in [6.45, 7) is 3.54. The third-order valence-electron chi connectivity index (χ3n) is 2.26. The van der Waals surface area contributed by atoms with Crippen LogP contribution < -0.4 is 5.73 Å². The summed E-state index contributed by atoms with van der Waals surface area (Å²) < 4.78 is 10.1. The average Bonchev–Trinajstić information content (AvgIpc) is 2.18. The molecule has 14 heavy (non-hydrogen) atoms. The maximum absolute atomic E-state index is 11.2. The molecular weight excluding hydrogens is 206 g/mol. The van der Waals surface area contributed by atoms with Gasteiger partial charge in [0.2, 0.25) is 0 Å². The zero-order valence-corrected chi connectivity index (χ0v) is 9.22. The minimum atomic E-state index is -0.514. The van der Waals surface area contributed by atoms with E-state index in [9.17, 15) is 4.79 Å². The van der Waals surface area contributed by atoms with Crippen LogP contribution in [0.4, 0.5) is 0 Å². The van der Waals surface area contributed by atoms with Crippen molar-refractivity contribution in [1.29, 1.82) is 0 Å². The maximum Gasteiger partial charge on any atom is 0.323 e. The third kappa shape index (κ3) is 3.82. The van der Waals surface area contributed by atoms with E-state index in [4.69, 9.17) is 15.2 Å². The van der Waals surface area contributed by atoms with Crippen LogP contribution in [0.25, 0.3) is 0 Å². The predicted octanol–water partition coefficient (Wildman–Crippen LogP) is 0.725. The average molecular weight is 224 g/mol. The molecule has 1 rings (SSSR count). The van der Waals surface area contributed by atoms with Crippen LogP contribution in [-0.2, 0) is 14.3 Å². The molecule has 0 spiro atoms. The first-order valence-electron chi connectivity index (χ1n) is 4.75. The van der Waals surface area contributed by atoms with Crippen molar-refractivity contribution in [3.05, 3.63) is 0 Å². The molecule has 4 nitrogen and oxygen atoms in total. The van der Waals surface area contributed by atoms with Crippen LogP contribution in [0, 0.1) is 5.92 Å². The van der Waals surface area contributed by atoms with Crippen molar-refractivity contribution >= 4 is 18.4 Å². The number of nitrogens with two attached hydrogens (primary N) is 1. The molecule has 5 heteroatoms. The Morgan fingerprint density at radius 1 is 1.71 bits per heavy atom. The van der Waals surface area contributed by atoms with Crippen molar-refractivity contribution in [3.63, 3.8) is 0 Å². The summed E-state index contributed by atoms with van der Waals surface area (Å²) in [5, 5.41) is 0. The van der Waals surface area contributed by atoms with Gasteiger partial charge in [0.1, 0.15) is 6.04 Å². The second-order valence-electron chi connectivity index (χ2n) is 3.26. The molecule has 1 aliphatic heterocycles. The highest BCUT2D eigenvalue weighted by Crippen LogP contribution is 2.16. The van der Waals surface area contributed by atoms with E-state index in [0.29, 0.717) is 13.2 Å². The van der Waals surface area contributed by atoms with E-state index in [0.717, 1.165) is 19.4 Å². The first-order valence-corrected chi connectivity index (χ1v) is 4.75. The SMILES string of the molecule is CCOC(=O)C(N)C1CCCOC1.Cl. The summed E-state index contributed by atoms with van der Waals surface area (Å²) in [6, 6.07) is -0.514. The topological polar surface area (TPSA) is 61.5 Å². The highest BCUT2D eigenvalue weighted by atomic mass is 35.5. The molecule has 0 bridgehead atoms. The number of carbonyl (C=O) groups is 1. The van der Waals surface area contributed by atoms with Gasteiger partial charge in [-0.1, -0.05) is 0 Å². The molecule has 84 valence electrons. The van der Waals surface area contributed by atoms with Crippen molar-refractivity contribution in [2.45, 2.75) is 25.8 Å². The second kappa shape index (κ2) is 7.04. The van der Waals surface area contributed by atoms with Crippen LogP contribution in [-0.4, -0.2) is 31.8 Å². The molecule has 0 aliphatic carbocycles. The Hall–Kier alpha value is -0.320. The Bertz CT molecular complexity index is 171. The van der Waals surface area contributed by atoms with E-state index in [1.807, 2.05) is 0 Å². The smallest absolute Gasteiger partial charge is 0.323 e. The molecule has 0 aromatic carbocycles. The Kier molecular flexibility index (Phi) is 6.87. The zero-order valence-electron chi connectivity index (χ0n) is 8.40. The lowest BCUT2D eigenvalue weighted by molar-refractivity contribution is -0.147. The molecule has 2 atom stereocenters. The number of rotatable bonds is 3. The number of halogens is 1. The molecule has 1 aliphatic rings. The van der Waals surface area contributed by atoms with Gasteiger partial charge < -0.3 is 15.2 Å². The van der Waals surface area contributed by atoms with Gasteiger partial charge in [-0.2, -0.15) is 0 Å². The lowest BCUT2D eigenvalue weighted by Crippen LogP contribution is -2.43. The van der Waals surface area contributed by atoms with Crippen molar-refractivity contribution in [1.82, 2.24) is 0 Å². The van der Waals surface area contributed by atoms with Crippen molar-refractivity contribution < 1.29 is 14.3 Å². The molecule has 0 radical (unpaired) electrons. The van der Waals surface area contributed by atoms with Gasteiger partial charge >= 0.3 is 5.97 Å². The standard InChI is InChI=1S/C9H17NO3.ClH/c1-2-13-9(11)8(10)7-4-3-5-12-6-7;/h7-8H,2-6,10H2,1H3;1H. The van der Waals surface area contributed by atoms with Gasteiger partial charge in [-0.25, -0.2) is 0 Å². The van der Waals surface area contributed by atoms with Crippen LogP contribution in [0.15, 0.2) is 0 Å². The molecular formula is C9H18ClNO3. The summed E-state index contributed by atoms with van der Waals surface area (Å²) in [7, 11) is 0. The molecule has 2 N–H and O–H groups in total. The van der Waals surface area contributed by atoms with Gasteiger partial charge in [0, 0.05) is 12.5 Å². The van der Waals surface area contributed by atoms with E-state index >= 15 is 0 Å². The lowest BCUT2D eigenvalue weighted by atomic mass is 9.94. The van der Waals surface area contributed by atoms with Crippen LogP contribution in [0.1, 0.15) is 19.8 Å². The van der Waals surface area contributed by atoms with E-state index < -0.39 is 6.04 Å². The molecule has 1 heterocycles. The Labute approximate surface area is 90.5 Å². The molecule has 0 amide bonds. The highest BCUT2D eigenvalue weighted by molar-refractivity contribution is 5.85. The van der Waals surface area contributed by atoms with E-state index in [-0.39, 0.29) is 24.3 Å². The van der Waals surface area contributed by atoms with Crippen LogP contribution in [0.5, 0.6) is 0 Å². The van der Waals surface area contributed by atoms with E-state index in [2.05, 4.69) is 0 Å². The monoisotopic (exact) mass is 223 g/mol. The molecule has 1 saturated heterocycles. The van der Waals surface area contributed by atoms with Crippen molar-refractivity contribution in [3.8, 4) is 0 Å². The molecule has 0 aromatic rings.